The van der Waals surface area contributed by atoms with Gasteiger partial charge in [-0.2, -0.15) is 0 Å². The zero-order valence-electron chi connectivity index (χ0n) is 10.8. The molecule has 108 valence electrons. The maximum atomic E-state index is 11.0. The Morgan fingerprint density at radius 3 is 2.95 bits per heavy atom. The van der Waals surface area contributed by atoms with Gasteiger partial charge in [-0.05, 0) is 12.1 Å². The third-order valence-electron chi connectivity index (χ3n) is 2.68. The Bertz CT molecular complexity index is 751. The van der Waals surface area contributed by atoms with Gasteiger partial charge >= 0.3 is 0 Å². The number of aromatic amines is 1. The number of para-hydroxylation sites is 1. The van der Waals surface area contributed by atoms with Crippen LogP contribution in [0.5, 0.6) is 0 Å². The summed E-state index contributed by atoms with van der Waals surface area (Å²) in [6, 6.07) is 5.23. The number of hydrogen-bond donors (Lipinski definition) is 4. The van der Waals surface area contributed by atoms with Gasteiger partial charge in [-0.1, -0.05) is 11.2 Å². The van der Waals surface area contributed by atoms with Gasteiger partial charge in [0.05, 0.1) is 17.3 Å². The first-order chi connectivity index (χ1) is 9.40. The summed E-state index contributed by atoms with van der Waals surface area (Å²) < 4.78 is 24.3. The molecule has 5 N–H and O–H groups in total. The molecule has 0 saturated carbocycles. The van der Waals surface area contributed by atoms with Crippen molar-refractivity contribution in [2.45, 2.75) is 6.42 Å². The number of oxime groups is 1. The van der Waals surface area contributed by atoms with E-state index in [1.54, 1.807) is 18.2 Å². The Morgan fingerprint density at radius 2 is 2.30 bits per heavy atom. The van der Waals surface area contributed by atoms with Crippen molar-refractivity contribution >= 4 is 26.9 Å². The summed E-state index contributed by atoms with van der Waals surface area (Å²) in [5.74, 6) is 0.606. The van der Waals surface area contributed by atoms with E-state index < -0.39 is 10.0 Å². The van der Waals surface area contributed by atoms with Gasteiger partial charge in [-0.3, -0.25) is 0 Å². The lowest BCUT2D eigenvalue weighted by atomic mass is 10.2. The number of nitrogens with one attached hydrogen (secondary N) is 2. The molecule has 0 bridgehead atoms. The van der Waals surface area contributed by atoms with E-state index in [0.717, 1.165) is 6.26 Å². The minimum atomic E-state index is -3.21. The monoisotopic (exact) mass is 297 g/mol. The molecule has 9 heteroatoms. The van der Waals surface area contributed by atoms with Gasteiger partial charge in [-0.25, -0.2) is 18.1 Å². The van der Waals surface area contributed by atoms with Crippen LogP contribution in [-0.4, -0.2) is 42.2 Å². The molecular weight excluding hydrogens is 282 g/mol. The number of sulfonamides is 1. The maximum Gasteiger partial charge on any atom is 0.208 e. The summed E-state index contributed by atoms with van der Waals surface area (Å²) in [6.45, 7) is 0.248. The number of amidine groups is 1. The second kappa shape index (κ2) is 5.47. The highest BCUT2D eigenvalue weighted by atomic mass is 32.2. The fourth-order valence-corrected chi connectivity index (χ4v) is 2.30. The van der Waals surface area contributed by atoms with Crippen LogP contribution in [-0.2, 0) is 16.4 Å². The van der Waals surface area contributed by atoms with Gasteiger partial charge in [0.25, 0.3) is 0 Å². The molecule has 0 aliphatic rings. The first kappa shape index (κ1) is 14.3. The molecule has 0 amide bonds. The van der Waals surface area contributed by atoms with Gasteiger partial charge in [0.15, 0.2) is 5.84 Å². The largest absolute Gasteiger partial charge is 0.409 e. The number of benzene rings is 1. The molecule has 1 heterocycles. The average molecular weight is 297 g/mol. The Labute approximate surface area is 115 Å². The molecule has 1 aromatic carbocycles. The second-order valence-electron chi connectivity index (χ2n) is 4.28. The molecule has 8 nitrogen and oxygen atoms in total. The van der Waals surface area contributed by atoms with Crippen molar-refractivity contribution in [3.8, 4) is 0 Å². The van der Waals surface area contributed by atoms with Crippen molar-refractivity contribution in [3.63, 3.8) is 0 Å². The van der Waals surface area contributed by atoms with Crippen molar-refractivity contribution in [1.29, 1.82) is 0 Å². The van der Waals surface area contributed by atoms with E-state index in [2.05, 4.69) is 19.8 Å². The maximum absolute atomic E-state index is 11.0. The zero-order valence-corrected chi connectivity index (χ0v) is 11.6. The topological polar surface area (TPSA) is 133 Å². The predicted octanol–water partition coefficient (Wildman–Crippen LogP) is -0.251. The van der Waals surface area contributed by atoms with Crippen molar-refractivity contribution < 1.29 is 13.6 Å². The molecule has 0 aliphatic carbocycles. The third-order valence-corrected chi connectivity index (χ3v) is 3.41. The Morgan fingerprint density at radius 1 is 1.55 bits per heavy atom. The van der Waals surface area contributed by atoms with Crippen molar-refractivity contribution in [3.05, 3.63) is 29.6 Å². The normalized spacial score (nSPS) is 12.9. The fourth-order valence-electron chi connectivity index (χ4n) is 1.82. The number of imidazole rings is 1. The number of fused-ring (bicyclic) bond motifs is 1. The van der Waals surface area contributed by atoms with Crippen molar-refractivity contribution in [2.24, 2.45) is 10.9 Å². The number of hydrogen-bond acceptors (Lipinski definition) is 5. The molecule has 0 spiro atoms. The summed E-state index contributed by atoms with van der Waals surface area (Å²) in [5.41, 5.74) is 7.45. The van der Waals surface area contributed by atoms with Crippen LogP contribution in [0, 0.1) is 0 Å². The van der Waals surface area contributed by atoms with Crippen LogP contribution < -0.4 is 10.5 Å². The average Bonchev–Trinajstić information content (AvgIpc) is 2.78. The Balaban J connectivity index is 2.25. The quantitative estimate of drug-likeness (QED) is 0.261. The summed E-state index contributed by atoms with van der Waals surface area (Å²) in [5, 5.41) is 11.7. The molecule has 0 atom stereocenters. The summed E-state index contributed by atoms with van der Waals surface area (Å²) >= 11 is 0. The lowest BCUT2D eigenvalue weighted by molar-refractivity contribution is 0.318. The third kappa shape index (κ3) is 3.25. The van der Waals surface area contributed by atoms with Crippen LogP contribution in [0.4, 0.5) is 0 Å². The van der Waals surface area contributed by atoms with Gasteiger partial charge < -0.3 is 15.9 Å². The Kier molecular flexibility index (Phi) is 3.91. The second-order valence-corrected chi connectivity index (χ2v) is 6.12. The van der Waals surface area contributed by atoms with Gasteiger partial charge in [0, 0.05) is 18.5 Å². The molecule has 0 aliphatic heterocycles. The van der Waals surface area contributed by atoms with Crippen LogP contribution in [0.15, 0.2) is 23.4 Å². The van der Waals surface area contributed by atoms with E-state index in [-0.39, 0.29) is 12.4 Å². The molecular formula is C11H15N5O3S. The molecule has 0 radical (unpaired) electrons. The molecule has 2 aromatic rings. The smallest absolute Gasteiger partial charge is 0.208 e. The van der Waals surface area contributed by atoms with Gasteiger partial charge in [0.2, 0.25) is 10.0 Å². The molecule has 0 unspecified atom stereocenters. The highest BCUT2D eigenvalue weighted by Gasteiger charge is 2.10. The number of nitrogens with two attached hydrogens (primary N) is 1. The lowest BCUT2D eigenvalue weighted by Gasteiger charge is -2.00. The van der Waals surface area contributed by atoms with Crippen LogP contribution in [0.2, 0.25) is 0 Å². The molecule has 0 saturated heterocycles. The van der Waals surface area contributed by atoms with Crippen molar-refractivity contribution in [2.75, 3.05) is 12.8 Å². The zero-order chi connectivity index (χ0) is 14.8. The van der Waals surface area contributed by atoms with Crippen LogP contribution in [0.3, 0.4) is 0 Å². The first-order valence-corrected chi connectivity index (χ1v) is 7.70. The van der Waals surface area contributed by atoms with Crippen molar-refractivity contribution in [1.82, 2.24) is 14.7 Å². The fraction of sp³-hybridized carbons (Fsp3) is 0.273. The number of rotatable bonds is 5. The van der Waals surface area contributed by atoms with Gasteiger partial charge in [-0.15, -0.1) is 0 Å². The number of nitrogens with zero attached hydrogens (tertiary/aromatic N) is 2. The highest BCUT2D eigenvalue weighted by molar-refractivity contribution is 7.88. The number of aromatic nitrogens is 2. The number of H-pyrrole nitrogens is 1. The van der Waals surface area contributed by atoms with Crippen LogP contribution in [0.25, 0.3) is 11.0 Å². The standard InChI is InChI=1S/C11H15N5O3S/c1-20(18,19)13-6-5-9-14-8-4-2-3-7(10(8)15-9)11(12)16-17/h2-4,13,17H,5-6H2,1H3,(H2,12,16)(H,14,15). The SMILES string of the molecule is CS(=O)(=O)NCCc1nc2cccc(C(N)=NO)c2[nH]1. The summed E-state index contributed by atoms with van der Waals surface area (Å²) in [6.07, 6.45) is 1.51. The van der Waals surface area contributed by atoms with Crippen LogP contribution >= 0.6 is 0 Å². The van der Waals surface area contributed by atoms with E-state index in [1.807, 2.05) is 0 Å². The molecule has 0 fully saturated rings. The van der Waals surface area contributed by atoms with E-state index in [0.29, 0.717) is 28.8 Å². The molecule has 2 rings (SSSR count). The van der Waals surface area contributed by atoms with E-state index in [1.165, 1.54) is 0 Å². The highest BCUT2D eigenvalue weighted by Crippen LogP contribution is 2.16. The van der Waals surface area contributed by atoms with Gasteiger partial charge in [0.1, 0.15) is 5.82 Å². The minimum Gasteiger partial charge on any atom is -0.409 e. The van der Waals surface area contributed by atoms with E-state index >= 15 is 0 Å². The Hall–Kier alpha value is -2.13. The lowest BCUT2D eigenvalue weighted by Crippen LogP contribution is -2.24. The van der Waals surface area contributed by atoms with Crippen LogP contribution in [0.1, 0.15) is 11.4 Å². The first-order valence-electron chi connectivity index (χ1n) is 5.81. The minimum absolute atomic E-state index is 0.0138. The molecule has 20 heavy (non-hydrogen) atoms. The van der Waals surface area contributed by atoms with E-state index in [9.17, 15) is 8.42 Å². The molecule has 1 aromatic heterocycles. The summed E-state index contributed by atoms with van der Waals surface area (Å²) in [7, 11) is -3.21. The summed E-state index contributed by atoms with van der Waals surface area (Å²) in [4.78, 5) is 7.37. The predicted molar refractivity (Wildman–Crippen MR) is 75.2 cm³/mol. The van der Waals surface area contributed by atoms with E-state index in [4.69, 9.17) is 10.9 Å².